The third-order valence-electron chi connectivity index (χ3n) is 5.52. The summed E-state index contributed by atoms with van der Waals surface area (Å²) in [6.45, 7) is 7.43. The minimum absolute atomic E-state index is 0.0264. The normalized spacial score (nSPS) is 16.9. The summed E-state index contributed by atoms with van der Waals surface area (Å²) >= 11 is 0. The highest BCUT2D eigenvalue weighted by atomic mass is 16.6. The van der Waals surface area contributed by atoms with Gasteiger partial charge in [0.15, 0.2) is 0 Å². The van der Waals surface area contributed by atoms with Crippen molar-refractivity contribution in [1.82, 2.24) is 4.90 Å². The fourth-order valence-electron chi connectivity index (χ4n) is 3.98. The summed E-state index contributed by atoms with van der Waals surface area (Å²) in [5.41, 5.74) is 2.20. The van der Waals surface area contributed by atoms with Gasteiger partial charge >= 0.3 is 6.08 Å². The lowest BCUT2D eigenvalue weighted by atomic mass is 10.0. The number of benzene rings is 1. The molecule has 0 spiro atoms. The molecule has 1 atom stereocenters. The second kappa shape index (κ2) is 13.6. The highest BCUT2D eigenvalue weighted by molar-refractivity contribution is 5.59. The number of aliphatic hydroxyl groups excluding tert-OH is 1. The second-order valence-corrected chi connectivity index (χ2v) is 8.29. The molecule has 0 bridgehead atoms. The smallest absolute Gasteiger partial charge is 0.430 e. The molecule has 1 aromatic carbocycles. The highest BCUT2D eigenvalue weighted by Gasteiger charge is 2.17. The van der Waals surface area contributed by atoms with Crippen LogP contribution in [-0.4, -0.2) is 41.8 Å². The molecule has 1 saturated heterocycles. The van der Waals surface area contributed by atoms with Crippen LogP contribution in [0.15, 0.2) is 24.3 Å². The summed E-state index contributed by atoms with van der Waals surface area (Å²) in [7, 11) is 0. The van der Waals surface area contributed by atoms with Gasteiger partial charge in [-0.3, -0.25) is 4.90 Å². The average Bonchev–Trinajstić information content (AvgIpc) is 2.68. The van der Waals surface area contributed by atoms with Crippen LogP contribution in [0.1, 0.15) is 83.6 Å². The molecule has 0 aromatic heterocycles. The van der Waals surface area contributed by atoms with Crippen molar-refractivity contribution in [3.63, 3.8) is 0 Å². The number of unbranched alkanes of at least 4 members (excludes halogenated alkanes) is 6. The van der Waals surface area contributed by atoms with E-state index in [1.807, 2.05) is 19.1 Å². The van der Waals surface area contributed by atoms with Gasteiger partial charge in [0, 0.05) is 18.7 Å². The Kier molecular flexibility index (Phi) is 11.0. The molecule has 0 amide bonds. The van der Waals surface area contributed by atoms with E-state index >= 15 is 0 Å². The Morgan fingerprint density at radius 3 is 2.54 bits per heavy atom. The standard InChI is InChI=1S/C24H40N2O2/c1-3-4-5-6-7-8-10-14-22-15-13-16-23(19-22)25-24(27)28-21(2)20-26-17-11-9-12-18-26/h13,15-16,19,21H,3-12,14,17-18,20H2,1-2H3,(H,25,27)/p+1/t21-/m1/s1. The number of piperidine rings is 1. The van der Waals surface area contributed by atoms with Crippen molar-refractivity contribution in [2.75, 3.05) is 19.6 Å². The third-order valence-corrected chi connectivity index (χ3v) is 5.52. The van der Waals surface area contributed by atoms with Gasteiger partial charge in [0.05, 0.1) is 0 Å². The molecule has 158 valence electrons. The van der Waals surface area contributed by atoms with Gasteiger partial charge in [0.2, 0.25) is 5.69 Å². The Bertz CT molecular complexity index is 567. The Morgan fingerprint density at radius 2 is 1.79 bits per heavy atom. The summed E-state index contributed by atoms with van der Waals surface area (Å²) < 4.78 is 5.66. The van der Waals surface area contributed by atoms with Gasteiger partial charge in [-0.2, -0.15) is 0 Å². The molecule has 1 aromatic rings. The minimum Gasteiger partial charge on any atom is -0.430 e. The number of ether oxygens (including phenoxy) is 1. The maximum atomic E-state index is 10.2. The van der Waals surface area contributed by atoms with Crippen molar-refractivity contribution in [2.24, 2.45) is 0 Å². The molecule has 4 heteroatoms. The van der Waals surface area contributed by atoms with E-state index in [-0.39, 0.29) is 12.2 Å². The summed E-state index contributed by atoms with van der Waals surface area (Å²) in [6.07, 6.45) is 14.1. The number of aryl methyl sites for hydroxylation is 1. The zero-order valence-corrected chi connectivity index (χ0v) is 18.1. The Balaban J connectivity index is 1.72. The molecule has 0 saturated carbocycles. The largest absolute Gasteiger partial charge is 0.551 e. The molecular formula is C24H41N2O2+. The van der Waals surface area contributed by atoms with Gasteiger partial charge in [-0.25, -0.2) is 0 Å². The van der Waals surface area contributed by atoms with Gasteiger partial charge in [-0.1, -0.05) is 64.0 Å². The van der Waals surface area contributed by atoms with Crippen molar-refractivity contribution in [3.8, 4) is 0 Å². The van der Waals surface area contributed by atoms with Crippen LogP contribution in [0.5, 0.6) is 0 Å². The van der Waals surface area contributed by atoms with Gasteiger partial charge in [-0.15, -0.1) is 4.99 Å². The van der Waals surface area contributed by atoms with E-state index < -0.39 is 0 Å². The van der Waals surface area contributed by atoms with Crippen LogP contribution in [0, 0.1) is 0 Å². The summed E-state index contributed by atoms with van der Waals surface area (Å²) in [5.74, 6) is 0. The van der Waals surface area contributed by atoms with Gasteiger partial charge in [0.1, 0.15) is 6.10 Å². The fourth-order valence-corrected chi connectivity index (χ4v) is 3.98. The second-order valence-electron chi connectivity index (χ2n) is 8.29. The van der Waals surface area contributed by atoms with Gasteiger partial charge in [0.25, 0.3) is 0 Å². The maximum absolute atomic E-state index is 10.2. The number of rotatable bonds is 12. The van der Waals surface area contributed by atoms with Crippen molar-refractivity contribution < 1.29 is 14.8 Å². The van der Waals surface area contributed by atoms with Crippen LogP contribution in [-0.2, 0) is 11.2 Å². The van der Waals surface area contributed by atoms with Crippen molar-refractivity contribution >= 4 is 11.8 Å². The van der Waals surface area contributed by atoms with Crippen LogP contribution in [0.4, 0.5) is 5.69 Å². The minimum atomic E-state index is -0.0995. The predicted molar refractivity (Wildman–Crippen MR) is 117 cm³/mol. The first-order valence-corrected chi connectivity index (χ1v) is 11.5. The van der Waals surface area contributed by atoms with Crippen molar-refractivity contribution in [1.29, 1.82) is 0 Å². The maximum Gasteiger partial charge on any atom is 0.551 e. The predicted octanol–water partition coefficient (Wildman–Crippen LogP) is 4.50. The molecular weight excluding hydrogens is 348 g/mol. The lowest BCUT2D eigenvalue weighted by Gasteiger charge is -2.28. The number of hydrogen-bond donors (Lipinski definition) is 2. The SMILES string of the molecule is CCCCCCCCCc1cccc([NH+]=C(O)O[C@H](C)CN2CCCCC2)c1. The van der Waals surface area contributed by atoms with Crippen LogP contribution in [0.2, 0.25) is 0 Å². The van der Waals surface area contributed by atoms with Crippen LogP contribution < -0.4 is 4.99 Å². The van der Waals surface area contributed by atoms with E-state index in [1.54, 1.807) is 0 Å². The first kappa shape index (κ1) is 22.7. The number of hydrogen-bond acceptors (Lipinski definition) is 2. The fraction of sp³-hybridized carbons (Fsp3) is 0.708. The summed E-state index contributed by atoms with van der Waals surface area (Å²) in [5, 5.41) is 10.2. The van der Waals surface area contributed by atoms with E-state index in [2.05, 4.69) is 28.9 Å². The zero-order chi connectivity index (χ0) is 20.0. The lowest BCUT2D eigenvalue weighted by molar-refractivity contribution is -0.383. The summed E-state index contributed by atoms with van der Waals surface area (Å²) in [6, 6.07) is 8.30. The molecule has 1 aliphatic rings. The first-order chi connectivity index (χ1) is 13.7. The molecule has 2 rings (SSSR count). The molecule has 1 heterocycles. The number of likely N-dealkylation sites (tertiary alicyclic amines) is 1. The van der Waals surface area contributed by atoms with E-state index in [0.717, 1.165) is 31.7 Å². The third kappa shape index (κ3) is 9.59. The number of aliphatic hydroxyl groups is 1. The highest BCUT2D eigenvalue weighted by Crippen LogP contribution is 2.12. The molecule has 0 radical (unpaired) electrons. The quantitative estimate of drug-likeness (QED) is 0.314. The van der Waals surface area contributed by atoms with Crippen molar-refractivity contribution in [2.45, 2.75) is 90.6 Å². The van der Waals surface area contributed by atoms with Gasteiger partial charge in [-0.05, 0) is 51.3 Å². The molecule has 4 nitrogen and oxygen atoms in total. The van der Waals surface area contributed by atoms with E-state index in [9.17, 15) is 5.11 Å². The first-order valence-electron chi connectivity index (χ1n) is 11.5. The Labute approximate surface area is 172 Å². The van der Waals surface area contributed by atoms with Gasteiger partial charge < -0.3 is 9.84 Å². The van der Waals surface area contributed by atoms with Crippen LogP contribution >= 0.6 is 0 Å². The lowest BCUT2D eigenvalue weighted by Crippen LogP contribution is -2.67. The van der Waals surface area contributed by atoms with Crippen molar-refractivity contribution in [3.05, 3.63) is 29.8 Å². The summed E-state index contributed by atoms with van der Waals surface area (Å²) in [4.78, 5) is 5.43. The molecule has 1 aliphatic heterocycles. The zero-order valence-electron chi connectivity index (χ0n) is 18.1. The molecule has 0 unspecified atom stereocenters. The average molecular weight is 390 g/mol. The Morgan fingerprint density at radius 1 is 1.07 bits per heavy atom. The number of nitrogens with one attached hydrogen (secondary N) is 1. The molecule has 0 aliphatic carbocycles. The Hall–Kier alpha value is -1.55. The van der Waals surface area contributed by atoms with E-state index in [1.165, 1.54) is 69.8 Å². The van der Waals surface area contributed by atoms with Crippen LogP contribution in [0.3, 0.4) is 0 Å². The molecule has 1 fully saturated rings. The van der Waals surface area contributed by atoms with E-state index in [0.29, 0.717) is 0 Å². The topological polar surface area (TPSA) is 46.7 Å². The monoisotopic (exact) mass is 389 g/mol. The molecule has 2 N–H and O–H groups in total. The molecule has 28 heavy (non-hydrogen) atoms. The van der Waals surface area contributed by atoms with Crippen LogP contribution in [0.25, 0.3) is 0 Å². The van der Waals surface area contributed by atoms with E-state index in [4.69, 9.17) is 4.74 Å². The number of nitrogens with zero attached hydrogens (tertiary/aromatic N) is 1.